The summed E-state index contributed by atoms with van der Waals surface area (Å²) in [6.45, 7) is 4.57. The van der Waals surface area contributed by atoms with Crippen LogP contribution in [0.15, 0.2) is 12.2 Å². The van der Waals surface area contributed by atoms with Crippen molar-refractivity contribution in [1.82, 2.24) is 0 Å². The van der Waals surface area contributed by atoms with Crippen LogP contribution >= 0.6 is 0 Å². The van der Waals surface area contributed by atoms with Crippen LogP contribution in [-0.2, 0) is 0 Å². The van der Waals surface area contributed by atoms with Gasteiger partial charge in [-0.1, -0.05) is 26.0 Å². The van der Waals surface area contributed by atoms with E-state index in [2.05, 4.69) is 26.0 Å². The van der Waals surface area contributed by atoms with Gasteiger partial charge in [0.15, 0.2) is 0 Å². The van der Waals surface area contributed by atoms with E-state index in [0.29, 0.717) is 0 Å². The number of hydrogen-bond donors (Lipinski definition) is 0. The van der Waals surface area contributed by atoms with Gasteiger partial charge in [-0.3, -0.25) is 0 Å². The van der Waals surface area contributed by atoms with Gasteiger partial charge in [0.05, 0.1) is 0 Å². The molecule has 1 aliphatic carbocycles. The lowest BCUT2D eigenvalue weighted by atomic mass is 9.95. The van der Waals surface area contributed by atoms with Crippen LogP contribution in [0.5, 0.6) is 0 Å². The molecule has 0 nitrogen and oxygen atoms in total. The molecular formula is C9H15. The number of allylic oxidation sites excluding steroid dienone is 2. The first-order valence-corrected chi connectivity index (χ1v) is 3.77. The van der Waals surface area contributed by atoms with E-state index in [0.717, 1.165) is 5.92 Å². The van der Waals surface area contributed by atoms with Gasteiger partial charge >= 0.3 is 0 Å². The van der Waals surface area contributed by atoms with Crippen molar-refractivity contribution in [1.29, 1.82) is 0 Å². The molecule has 0 spiro atoms. The summed E-state index contributed by atoms with van der Waals surface area (Å²) in [6, 6.07) is 0. The molecule has 51 valence electrons. The van der Waals surface area contributed by atoms with E-state index >= 15 is 0 Å². The van der Waals surface area contributed by atoms with Crippen molar-refractivity contribution in [3.63, 3.8) is 0 Å². The molecule has 0 N–H and O–H groups in total. The van der Waals surface area contributed by atoms with Crippen molar-refractivity contribution in [2.24, 2.45) is 5.92 Å². The van der Waals surface area contributed by atoms with E-state index in [-0.39, 0.29) is 0 Å². The maximum Gasteiger partial charge on any atom is -0.0164 e. The van der Waals surface area contributed by atoms with Gasteiger partial charge in [0, 0.05) is 0 Å². The SMILES string of the molecule is CC(C)C[C]1CC=CC1. The summed E-state index contributed by atoms with van der Waals surface area (Å²) in [4.78, 5) is 0. The first kappa shape index (κ1) is 6.85. The van der Waals surface area contributed by atoms with Crippen molar-refractivity contribution in [3.05, 3.63) is 18.1 Å². The van der Waals surface area contributed by atoms with Gasteiger partial charge in [0.25, 0.3) is 0 Å². The van der Waals surface area contributed by atoms with Crippen molar-refractivity contribution in [2.45, 2.75) is 33.1 Å². The molecule has 0 aromatic rings. The van der Waals surface area contributed by atoms with Crippen molar-refractivity contribution in [2.75, 3.05) is 0 Å². The standard InChI is InChI=1S/C9H15/c1-8(2)7-9-5-3-4-6-9/h3-4,8H,5-7H2,1-2H3. The van der Waals surface area contributed by atoms with Gasteiger partial charge in [0.1, 0.15) is 0 Å². The zero-order valence-corrected chi connectivity index (χ0v) is 6.35. The third-order valence-electron chi connectivity index (χ3n) is 1.68. The summed E-state index contributed by atoms with van der Waals surface area (Å²) in [6.07, 6.45) is 8.37. The predicted molar refractivity (Wildman–Crippen MR) is 41.1 cm³/mol. The topological polar surface area (TPSA) is 0 Å². The fourth-order valence-electron chi connectivity index (χ4n) is 1.33. The highest BCUT2D eigenvalue weighted by atomic mass is 14.2. The molecule has 0 aromatic carbocycles. The monoisotopic (exact) mass is 123 g/mol. The third-order valence-corrected chi connectivity index (χ3v) is 1.68. The lowest BCUT2D eigenvalue weighted by molar-refractivity contribution is 0.582. The van der Waals surface area contributed by atoms with Gasteiger partial charge in [0.2, 0.25) is 0 Å². The van der Waals surface area contributed by atoms with Crippen LogP contribution in [0.2, 0.25) is 0 Å². The van der Waals surface area contributed by atoms with Crippen molar-refractivity contribution in [3.8, 4) is 0 Å². The van der Waals surface area contributed by atoms with Crippen LogP contribution < -0.4 is 0 Å². The average molecular weight is 123 g/mol. The van der Waals surface area contributed by atoms with E-state index in [9.17, 15) is 0 Å². The molecule has 0 bridgehead atoms. The lowest BCUT2D eigenvalue weighted by Gasteiger charge is -2.09. The second-order valence-corrected chi connectivity index (χ2v) is 3.23. The quantitative estimate of drug-likeness (QED) is 0.495. The van der Waals surface area contributed by atoms with E-state index in [1.165, 1.54) is 19.3 Å². The smallest absolute Gasteiger partial charge is 0.0164 e. The molecule has 0 heterocycles. The summed E-state index contributed by atoms with van der Waals surface area (Å²) in [7, 11) is 0. The Morgan fingerprint density at radius 2 is 1.89 bits per heavy atom. The zero-order valence-electron chi connectivity index (χ0n) is 6.35. The molecular weight excluding hydrogens is 108 g/mol. The van der Waals surface area contributed by atoms with Crippen LogP contribution in [0.25, 0.3) is 0 Å². The van der Waals surface area contributed by atoms with E-state index in [1.54, 1.807) is 5.92 Å². The Bertz CT molecular complexity index is 92.6. The molecule has 0 aliphatic heterocycles. The Kier molecular flexibility index (Phi) is 2.32. The fraction of sp³-hybridized carbons (Fsp3) is 0.667. The number of hydrogen-bond acceptors (Lipinski definition) is 0. The van der Waals surface area contributed by atoms with Gasteiger partial charge in [-0.2, -0.15) is 0 Å². The summed E-state index contributed by atoms with van der Waals surface area (Å²) in [5.74, 6) is 2.56. The Balaban J connectivity index is 2.14. The molecule has 0 atom stereocenters. The van der Waals surface area contributed by atoms with Gasteiger partial charge in [-0.15, -0.1) is 0 Å². The zero-order chi connectivity index (χ0) is 6.69. The minimum Gasteiger partial charge on any atom is -0.0879 e. The maximum absolute atomic E-state index is 2.28. The first-order valence-electron chi connectivity index (χ1n) is 3.77. The summed E-state index contributed by atoms with van der Waals surface area (Å²) in [5.41, 5.74) is 0. The molecule has 1 aliphatic rings. The molecule has 0 fully saturated rings. The normalized spacial score (nSPS) is 19.9. The molecule has 0 amide bonds. The highest BCUT2D eigenvalue weighted by Gasteiger charge is 2.11. The third kappa shape index (κ3) is 2.21. The average Bonchev–Trinajstić information content (AvgIpc) is 2.15. The highest BCUT2D eigenvalue weighted by Crippen LogP contribution is 2.26. The van der Waals surface area contributed by atoms with Gasteiger partial charge in [-0.25, -0.2) is 0 Å². The molecule has 0 aromatic heterocycles. The maximum atomic E-state index is 2.28. The van der Waals surface area contributed by atoms with Crippen LogP contribution in [0, 0.1) is 11.8 Å². The van der Waals surface area contributed by atoms with Crippen LogP contribution in [0.3, 0.4) is 0 Å². The summed E-state index contributed by atoms with van der Waals surface area (Å²) >= 11 is 0. The van der Waals surface area contributed by atoms with Crippen LogP contribution in [0.4, 0.5) is 0 Å². The van der Waals surface area contributed by atoms with Crippen LogP contribution in [0.1, 0.15) is 33.1 Å². The second kappa shape index (κ2) is 3.05. The minimum atomic E-state index is 0.847. The summed E-state index contributed by atoms with van der Waals surface area (Å²) in [5, 5.41) is 0. The summed E-state index contributed by atoms with van der Waals surface area (Å²) < 4.78 is 0. The van der Waals surface area contributed by atoms with E-state index in [1.807, 2.05) is 0 Å². The van der Waals surface area contributed by atoms with Gasteiger partial charge < -0.3 is 0 Å². The Morgan fingerprint density at radius 1 is 1.33 bits per heavy atom. The van der Waals surface area contributed by atoms with Crippen molar-refractivity contribution >= 4 is 0 Å². The first-order chi connectivity index (χ1) is 4.29. The van der Waals surface area contributed by atoms with Crippen molar-refractivity contribution < 1.29 is 0 Å². The van der Waals surface area contributed by atoms with Gasteiger partial charge in [-0.05, 0) is 31.1 Å². The Morgan fingerprint density at radius 3 is 2.33 bits per heavy atom. The largest absolute Gasteiger partial charge is 0.0879 e. The van der Waals surface area contributed by atoms with Crippen LogP contribution in [-0.4, -0.2) is 0 Å². The molecule has 0 heteroatoms. The number of rotatable bonds is 2. The highest BCUT2D eigenvalue weighted by molar-refractivity contribution is 5.10. The lowest BCUT2D eigenvalue weighted by Crippen LogP contribution is -1.96. The molecule has 0 unspecified atom stereocenters. The molecule has 1 radical (unpaired) electrons. The fourth-order valence-corrected chi connectivity index (χ4v) is 1.33. The minimum absolute atomic E-state index is 0.847. The molecule has 9 heavy (non-hydrogen) atoms. The molecule has 1 rings (SSSR count). The predicted octanol–water partition coefficient (Wildman–Crippen LogP) is 2.96. The van der Waals surface area contributed by atoms with E-state index in [4.69, 9.17) is 0 Å². The van der Waals surface area contributed by atoms with E-state index < -0.39 is 0 Å². The molecule has 0 saturated carbocycles. The molecule has 0 saturated heterocycles. The second-order valence-electron chi connectivity index (χ2n) is 3.23. The Hall–Kier alpha value is -0.260. The Labute approximate surface area is 58.0 Å².